The molecule has 25 heavy (non-hydrogen) atoms. The standard InChI is InChI=1S/C20H16ClNO3/c1-2-25-20(24)18-12-17(13-23)22(16-10-8-15(21)9-11-16)19(18)14-6-4-3-5-7-14/h3-13H,2H2,1H3. The summed E-state index contributed by atoms with van der Waals surface area (Å²) in [5.41, 5.74) is 2.88. The second-order valence-electron chi connectivity index (χ2n) is 5.35. The van der Waals surface area contributed by atoms with Crippen molar-refractivity contribution in [2.45, 2.75) is 6.92 Å². The number of hydrogen-bond donors (Lipinski definition) is 0. The fourth-order valence-corrected chi connectivity index (χ4v) is 2.86. The van der Waals surface area contributed by atoms with Gasteiger partial charge >= 0.3 is 5.97 Å². The number of ether oxygens (including phenoxy) is 1. The topological polar surface area (TPSA) is 48.3 Å². The molecule has 3 aromatic rings. The Morgan fingerprint density at radius 2 is 1.80 bits per heavy atom. The van der Waals surface area contributed by atoms with E-state index >= 15 is 0 Å². The Balaban J connectivity index is 2.30. The summed E-state index contributed by atoms with van der Waals surface area (Å²) in [7, 11) is 0. The van der Waals surface area contributed by atoms with Gasteiger partial charge in [-0.15, -0.1) is 0 Å². The van der Waals surface area contributed by atoms with Crippen LogP contribution in [0.4, 0.5) is 0 Å². The fourth-order valence-electron chi connectivity index (χ4n) is 2.73. The van der Waals surface area contributed by atoms with Crippen molar-refractivity contribution >= 4 is 23.9 Å². The van der Waals surface area contributed by atoms with Crippen LogP contribution in [-0.4, -0.2) is 23.4 Å². The molecule has 1 heterocycles. The Kier molecular flexibility index (Phi) is 5.00. The Bertz CT molecular complexity index is 899. The summed E-state index contributed by atoms with van der Waals surface area (Å²) in [5.74, 6) is -0.461. The van der Waals surface area contributed by atoms with Gasteiger partial charge in [0.15, 0.2) is 6.29 Å². The number of rotatable bonds is 5. The van der Waals surface area contributed by atoms with Crippen LogP contribution in [0.5, 0.6) is 0 Å². The molecule has 0 radical (unpaired) electrons. The first-order valence-corrected chi connectivity index (χ1v) is 8.23. The van der Waals surface area contributed by atoms with Crippen molar-refractivity contribution in [3.8, 4) is 16.9 Å². The van der Waals surface area contributed by atoms with Gasteiger partial charge in [0, 0.05) is 10.7 Å². The highest BCUT2D eigenvalue weighted by Crippen LogP contribution is 2.31. The summed E-state index contributed by atoms with van der Waals surface area (Å²) in [4.78, 5) is 24.1. The number of aromatic nitrogens is 1. The molecule has 3 rings (SSSR count). The van der Waals surface area contributed by atoms with Crippen molar-refractivity contribution in [1.82, 2.24) is 4.57 Å². The van der Waals surface area contributed by atoms with Gasteiger partial charge in [-0.2, -0.15) is 0 Å². The zero-order valence-corrected chi connectivity index (χ0v) is 14.4. The van der Waals surface area contributed by atoms with Crippen molar-refractivity contribution in [3.05, 3.63) is 76.9 Å². The largest absolute Gasteiger partial charge is 0.462 e. The lowest BCUT2D eigenvalue weighted by atomic mass is 10.1. The minimum Gasteiger partial charge on any atom is -0.462 e. The summed E-state index contributed by atoms with van der Waals surface area (Å²) in [6, 6.07) is 18.1. The molecule has 1 aromatic heterocycles. The van der Waals surface area contributed by atoms with E-state index in [-0.39, 0.29) is 6.61 Å². The molecule has 0 N–H and O–H groups in total. The van der Waals surface area contributed by atoms with E-state index in [1.165, 1.54) is 0 Å². The van der Waals surface area contributed by atoms with E-state index in [4.69, 9.17) is 16.3 Å². The zero-order chi connectivity index (χ0) is 17.8. The van der Waals surface area contributed by atoms with Crippen LogP contribution in [0.1, 0.15) is 27.8 Å². The number of carbonyl (C=O) groups excluding carboxylic acids is 2. The van der Waals surface area contributed by atoms with E-state index in [0.29, 0.717) is 22.0 Å². The molecule has 0 fully saturated rings. The first-order chi connectivity index (χ1) is 12.2. The van der Waals surface area contributed by atoms with Gasteiger partial charge in [-0.1, -0.05) is 41.9 Å². The van der Waals surface area contributed by atoms with Gasteiger partial charge in [0.05, 0.1) is 23.6 Å². The number of carbonyl (C=O) groups is 2. The van der Waals surface area contributed by atoms with Gasteiger partial charge < -0.3 is 9.30 Å². The van der Waals surface area contributed by atoms with E-state index in [1.807, 2.05) is 30.3 Å². The summed E-state index contributed by atoms with van der Waals surface area (Å²) >= 11 is 5.97. The smallest absolute Gasteiger partial charge is 0.340 e. The monoisotopic (exact) mass is 353 g/mol. The number of aldehydes is 1. The molecule has 126 valence electrons. The summed E-state index contributed by atoms with van der Waals surface area (Å²) in [6.07, 6.45) is 0.726. The van der Waals surface area contributed by atoms with Gasteiger partial charge in [0.1, 0.15) is 0 Å². The van der Waals surface area contributed by atoms with E-state index in [0.717, 1.165) is 17.5 Å². The number of hydrogen-bond acceptors (Lipinski definition) is 3. The lowest BCUT2D eigenvalue weighted by Gasteiger charge is -2.13. The second-order valence-corrected chi connectivity index (χ2v) is 5.78. The van der Waals surface area contributed by atoms with Gasteiger partial charge in [-0.05, 0) is 42.8 Å². The Labute approximate surface area is 150 Å². The molecule has 0 spiro atoms. The molecule has 0 saturated carbocycles. The van der Waals surface area contributed by atoms with Crippen LogP contribution in [0.25, 0.3) is 16.9 Å². The molecule has 0 saturated heterocycles. The van der Waals surface area contributed by atoms with Crippen molar-refractivity contribution in [2.24, 2.45) is 0 Å². The summed E-state index contributed by atoms with van der Waals surface area (Å²) < 4.78 is 6.91. The van der Waals surface area contributed by atoms with E-state index < -0.39 is 5.97 Å². The van der Waals surface area contributed by atoms with Crippen molar-refractivity contribution < 1.29 is 14.3 Å². The van der Waals surface area contributed by atoms with E-state index in [1.54, 1.807) is 41.8 Å². The van der Waals surface area contributed by atoms with E-state index in [2.05, 4.69) is 0 Å². The molecule has 4 nitrogen and oxygen atoms in total. The van der Waals surface area contributed by atoms with Crippen molar-refractivity contribution in [2.75, 3.05) is 6.61 Å². The minimum absolute atomic E-state index is 0.260. The minimum atomic E-state index is -0.461. The number of halogens is 1. The highest BCUT2D eigenvalue weighted by molar-refractivity contribution is 6.30. The van der Waals surface area contributed by atoms with Crippen LogP contribution in [-0.2, 0) is 4.74 Å². The van der Waals surface area contributed by atoms with Gasteiger partial charge in [0.2, 0.25) is 0 Å². The maximum Gasteiger partial charge on any atom is 0.340 e. The van der Waals surface area contributed by atoms with Crippen molar-refractivity contribution in [3.63, 3.8) is 0 Å². The molecule has 0 atom stereocenters. The first-order valence-electron chi connectivity index (χ1n) is 7.85. The number of benzene rings is 2. The molecule has 0 aliphatic carbocycles. The van der Waals surface area contributed by atoms with Gasteiger partial charge in [-0.25, -0.2) is 4.79 Å². The van der Waals surface area contributed by atoms with Gasteiger partial charge in [0.25, 0.3) is 0 Å². The third-order valence-corrected chi connectivity index (χ3v) is 4.03. The van der Waals surface area contributed by atoms with Crippen LogP contribution in [0.15, 0.2) is 60.7 Å². The normalized spacial score (nSPS) is 10.5. The van der Waals surface area contributed by atoms with Crippen LogP contribution < -0.4 is 0 Å². The van der Waals surface area contributed by atoms with Crippen LogP contribution in [0.3, 0.4) is 0 Å². The molecule has 0 unspecified atom stereocenters. The van der Waals surface area contributed by atoms with Crippen LogP contribution >= 0.6 is 11.6 Å². The highest BCUT2D eigenvalue weighted by Gasteiger charge is 2.23. The molecule has 0 bridgehead atoms. The van der Waals surface area contributed by atoms with Crippen LogP contribution in [0.2, 0.25) is 5.02 Å². The third kappa shape index (κ3) is 3.35. The number of nitrogens with zero attached hydrogens (tertiary/aromatic N) is 1. The molecule has 2 aromatic carbocycles. The first kappa shape index (κ1) is 17.0. The van der Waals surface area contributed by atoms with Crippen molar-refractivity contribution in [1.29, 1.82) is 0 Å². The molecule has 5 heteroatoms. The molecular weight excluding hydrogens is 338 g/mol. The maximum absolute atomic E-state index is 12.4. The molecule has 0 aliphatic heterocycles. The lowest BCUT2D eigenvalue weighted by molar-refractivity contribution is 0.0527. The maximum atomic E-state index is 12.4. The molecule has 0 aliphatic rings. The zero-order valence-electron chi connectivity index (χ0n) is 13.6. The third-order valence-electron chi connectivity index (χ3n) is 3.78. The quantitative estimate of drug-likeness (QED) is 0.489. The highest BCUT2D eigenvalue weighted by atomic mass is 35.5. The number of esters is 1. The average molecular weight is 354 g/mol. The van der Waals surface area contributed by atoms with Crippen LogP contribution in [0, 0.1) is 0 Å². The predicted octanol–water partition coefficient (Wildman–Crippen LogP) is 4.79. The van der Waals surface area contributed by atoms with Gasteiger partial charge in [-0.3, -0.25) is 4.79 Å². The molecule has 0 amide bonds. The second kappa shape index (κ2) is 7.36. The fraction of sp³-hybridized carbons (Fsp3) is 0.100. The predicted molar refractivity (Wildman–Crippen MR) is 97.6 cm³/mol. The van der Waals surface area contributed by atoms with E-state index in [9.17, 15) is 9.59 Å². The Morgan fingerprint density at radius 3 is 2.40 bits per heavy atom. The average Bonchev–Trinajstić information content (AvgIpc) is 3.03. The summed E-state index contributed by atoms with van der Waals surface area (Å²) in [6.45, 7) is 2.01. The molecular formula is C20H16ClNO3. The Hall–Kier alpha value is -2.85. The SMILES string of the molecule is CCOC(=O)c1cc(C=O)n(-c2ccc(Cl)cc2)c1-c1ccccc1. The lowest BCUT2D eigenvalue weighted by Crippen LogP contribution is -2.07. The summed E-state index contributed by atoms with van der Waals surface area (Å²) in [5, 5.41) is 0.593. The Morgan fingerprint density at radius 1 is 1.12 bits per heavy atom.